The number of amides is 1. The van der Waals surface area contributed by atoms with Gasteiger partial charge in [-0.15, -0.1) is 0 Å². The fraction of sp³-hybridized carbons (Fsp3) is 0.833. The van der Waals surface area contributed by atoms with Crippen LogP contribution in [0.1, 0.15) is 6.42 Å². The van der Waals surface area contributed by atoms with Crippen molar-refractivity contribution >= 4 is 5.91 Å². The van der Waals surface area contributed by atoms with Gasteiger partial charge in [-0.05, 0) is 0 Å². The summed E-state index contributed by atoms with van der Waals surface area (Å²) in [5.74, 6) is -6.53. The van der Waals surface area contributed by atoms with Crippen LogP contribution in [0.4, 0.5) is 22.0 Å². The van der Waals surface area contributed by atoms with Crippen LogP contribution in [0.25, 0.3) is 0 Å². The van der Waals surface area contributed by atoms with Crippen molar-refractivity contribution in [3.63, 3.8) is 0 Å². The largest absolute Gasteiger partial charge is 0.395 e. The normalized spacial score (nSPS) is 12.8. The minimum Gasteiger partial charge on any atom is -0.274 e. The SMILES string of the molecule is CON(C)C(=O)C(F)(F)CC(F)(F)F. The van der Waals surface area contributed by atoms with E-state index < -0.39 is 24.4 Å². The molecule has 0 aliphatic rings. The molecule has 0 unspecified atom stereocenters. The lowest BCUT2D eigenvalue weighted by Crippen LogP contribution is -2.43. The molecule has 0 aromatic rings. The first-order valence-electron chi connectivity index (χ1n) is 3.37. The van der Waals surface area contributed by atoms with Crippen molar-refractivity contribution in [3.05, 3.63) is 0 Å². The van der Waals surface area contributed by atoms with Gasteiger partial charge in [0, 0.05) is 7.05 Å². The Labute approximate surface area is 76.4 Å². The maximum Gasteiger partial charge on any atom is 0.395 e. The third-order valence-electron chi connectivity index (χ3n) is 1.30. The molecule has 0 rings (SSSR count). The van der Waals surface area contributed by atoms with Gasteiger partial charge in [-0.3, -0.25) is 9.63 Å². The summed E-state index contributed by atoms with van der Waals surface area (Å²) < 4.78 is 59.9. The lowest BCUT2D eigenvalue weighted by Gasteiger charge is -2.21. The van der Waals surface area contributed by atoms with Crippen LogP contribution in [0.2, 0.25) is 0 Å². The van der Waals surface area contributed by atoms with Crippen molar-refractivity contribution < 1.29 is 31.6 Å². The third-order valence-corrected chi connectivity index (χ3v) is 1.30. The average molecular weight is 221 g/mol. The van der Waals surface area contributed by atoms with Gasteiger partial charge < -0.3 is 0 Å². The van der Waals surface area contributed by atoms with Gasteiger partial charge in [0.15, 0.2) is 0 Å². The van der Waals surface area contributed by atoms with E-state index in [9.17, 15) is 26.7 Å². The lowest BCUT2D eigenvalue weighted by molar-refractivity contribution is -0.219. The van der Waals surface area contributed by atoms with E-state index in [2.05, 4.69) is 4.84 Å². The molecule has 14 heavy (non-hydrogen) atoms. The molecule has 84 valence electrons. The van der Waals surface area contributed by atoms with E-state index >= 15 is 0 Å². The Kier molecular flexibility index (Phi) is 3.81. The van der Waals surface area contributed by atoms with Gasteiger partial charge in [0.25, 0.3) is 0 Å². The molecule has 0 saturated heterocycles. The highest BCUT2D eigenvalue weighted by Gasteiger charge is 2.50. The minimum atomic E-state index is -5.10. The van der Waals surface area contributed by atoms with Crippen LogP contribution < -0.4 is 0 Å². The third kappa shape index (κ3) is 3.86. The molecule has 0 bridgehead atoms. The highest BCUT2D eigenvalue weighted by atomic mass is 19.4. The second-order valence-electron chi connectivity index (χ2n) is 2.48. The fourth-order valence-electron chi connectivity index (χ4n) is 0.641. The Hall–Kier alpha value is -0.920. The molecule has 0 fully saturated rings. The molecule has 0 atom stereocenters. The van der Waals surface area contributed by atoms with Gasteiger partial charge in [0.2, 0.25) is 0 Å². The molecule has 0 aliphatic carbocycles. The van der Waals surface area contributed by atoms with Crippen molar-refractivity contribution in [1.82, 2.24) is 5.06 Å². The molecule has 0 aromatic carbocycles. The first-order valence-corrected chi connectivity index (χ1v) is 3.37. The van der Waals surface area contributed by atoms with Crippen LogP contribution in [0.15, 0.2) is 0 Å². The van der Waals surface area contributed by atoms with Crippen LogP contribution in [-0.4, -0.2) is 37.2 Å². The Morgan fingerprint density at radius 2 is 1.71 bits per heavy atom. The molecule has 0 saturated carbocycles. The maximum atomic E-state index is 12.6. The van der Waals surface area contributed by atoms with Gasteiger partial charge in [-0.25, -0.2) is 5.06 Å². The zero-order valence-corrected chi connectivity index (χ0v) is 7.36. The van der Waals surface area contributed by atoms with E-state index in [0.29, 0.717) is 0 Å². The summed E-state index contributed by atoms with van der Waals surface area (Å²) in [6.07, 6.45) is -7.60. The van der Waals surface area contributed by atoms with Crippen LogP contribution in [0.5, 0.6) is 0 Å². The number of hydroxylamine groups is 2. The van der Waals surface area contributed by atoms with Gasteiger partial charge >= 0.3 is 18.0 Å². The van der Waals surface area contributed by atoms with Crippen molar-refractivity contribution in [2.45, 2.75) is 18.5 Å². The first-order chi connectivity index (χ1) is 6.10. The van der Waals surface area contributed by atoms with E-state index in [4.69, 9.17) is 0 Å². The molecule has 0 aromatic heterocycles. The van der Waals surface area contributed by atoms with Gasteiger partial charge in [-0.2, -0.15) is 22.0 Å². The Morgan fingerprint density at radius 1 is 1.29 bits per heavy atom. The van der Waals surface area contributed by atoms with Crippen LogP contribution >= 0.6 is 0 Å². The van der Waals surface area contributed by atoms with Gasteiger partial charge in [0.05, 0.1) is 7.11 Å². The number of nitrogens with zero attached hydrogens (tertiary/aromatic N) is 1. The van der Waals surface area contributed by atoms with E-state index in [-0.39, 0.29) is 5.06 Å². The summed E-state index contributed by atoms with van der Waals surface area (Å²) in [5, 5.41) is 0.0474. The summed E-state index contributed by atoms with van der Waals surface area (Å²) in [4.78, 5) is 14.7. The summed E-state index contributed by atoms with van der Waals surface area (Å²) in [6.45, 7) is 0. The minimum absolute atomic E-state index is 0.0474. The van der Waals surface area contributed by atoms with Crippen LogP contribution in [0.3, 0.4) is 0 Å². The molecule has 0 spiro atoms. The summed E-state index contributed by atoms with van der Waals surface area (Å²) in [6, 6.07) is 0. The monoisotopic (exact) mass is 221 g/mol. The Bertz CT molecular complexity index is 215. The number of rotatable bonds is 3. The maximum absolute atomic E-state index is 12.6. The molecule has 3 nitrogen and oxygen atoms in total. The molecule has 0 heterocycles. The highest BCUT2D eigenvalue weighted by molar-refractivity contribution is 5.82. The molecule has 8 heteroatoms. The first kappa shape index (κ1) is 13.1. The number of carbonyl (C=O) groups excluding carboxylic acids is 1. The predicted molar refractivity (Wildman–Crippen MR) is 35.4 cm³/mol. The number of alkyl halides is 5. The van der Waals surface area contributed by atoms with Crippen molar-refractivity contribution in [2.75, 3.05) is 14.2 Å². The van der Waals surface area contributed by atoms with Crippen molar-refractivity contribution in [2.24, 2.45) is 0 Å². The fourth-order valence-corrected chi connectivity index (χ4v) is 0.641. The summed E-state index contributed by atoms with van der Waals surface area (Å²) >= 11 is 0. The standard InChI is InChI=1S/C6H8F5NO2/c1-12(14-2)4(13)5(7,8)3-6(9,10)11/h3H2,1-2H3. The van der Waals surface area contributed by atoms with E-state index in [1.54, 1.807) is 0 Å². The van der Waals surface area contributed by atoms with Crippen molar-refractivity contribution in [1.29, 1.82) is 0 Å². The van der Waals surface area contributed by atoms with Crippen LogP contribution in [0, 0.1) is 0 Å². The highest BCUT2D eigenvalue weighted by Crippen LogP contribution is 2.32. The Balaban J connectivity index is 4.54. The topological polar surface area (TPSA) is 29.5 Å². The number of hydrogen-bond donors (Lipinski definition) is 0. The molecule has 0 aliphatic heterocycles. The molecule has 0 radical (unpaired) electrons. The number of halogens is 5. The zero-order valence-electron chi connectivity index (χ0n) is 7.36. The Morgan fingerprint density at radius 3 is 2.00 bits per heavy atom. The van der Waals surface area contributed by atoms with Gasteiger partial charge in [0.1, 0.15) is 6.42 Å². The van der Waals surface area contributed by atoms with E-state index in [1.165, 1.54) is 0 Å². The van der Waals surface area contributed by atoms with Crippen molar-refractivity contribution in [3.8, 4) is 0 Å². The smallest absolute Gasteiger partial charge is 0.274 e. The van der Waals surface area contributed by atoms with E-state index in [1.807, 2.05) is 0 Å². The molecular formula is C6H8F5NO2. The number of carbonyl (C=O) groups is 1. The van der Waals surface area contributed by atoms with E-state index in [0.717, 1.165) is 14.2 Å². The predicted octanol–water partition coefficient (Wildman–Crippen LogP) is 1.59. The quantitative estimate of drug-likeness (QED) is 0.535. The number of hydrogen-bond acceptors (Lipinski definition) is 2. The molecule has 1 amide bonds. The molecule has 0 N–H and O–H groups in total. The van der Waals surface area contributed by atoms with Gasteiger partial charge in [-0.1, -0.05) is 0 Å². The second-order valence-corrected chi connectivity index (χ2v) is 2.48. The molecular weight excluding hydrogens is 213 g/mol. The second kappa shape index (κ2) is 4.07. The summed E-state index contributed by atoms with van der Waals surface area (Å²) in [5.41, 5.74) is 0. The lowest BCUT2D eigenvalue weighted by atomic mass is 10.2. The summed E-state index contributed by atoms with van der Waals surface area (Å²) in [7, 11) is 1.69. The van der Waals surface area contributed by atoms with Crippen LogP contribution in [-0.2, 0) is 9.63 Å². The zero-order chi connectivity index (χ0) is 11.6. The average Bonchev–Trinajstić information content (AvgIpc) is 1.97.